The third-order valence-corrected chi connectivity index (χ3v) is 1.34. The van der Waals surface area contributed by atoms with Crippen LogP contribution in [0.1, 0.15) is 11.3 Å². The lowest BCUT2D eigenvalue weighted by atomic mass is 10.2. The van der Waals surface area contributed by atoms with Crippen LogP contribution in [0.4, 0.5) is 5.69 Å². The van der Waals surface area contributed by atoms with E-state index in [4.69, 9.17) is 10.8 Å². The number of hydrogen-bond acceptors (Lipinski definition) is 3. The van der Waals surface area contributed by atoms with Crippen LogP contribution in [0.15, 0.2) is 12.3 Å². The Morgan fingerprint density at radius 3 is 3.00 bits per heavy atom. The summed E-state index contributed by atoms with van der Waals surface area (Å²) in [6.45, 7) is 1.74. The van der Waals surface area contributed by atoms with E-state index < -0.39 is 0 Å². The van der Waals surface area contributed by atoms with Crippen LogP contribution >= 0.6 is 0 Å². The van der Waals surface area contributed by atoms with E-state index in [1.807, 2.05) is 6.92 Å². The second-order valence-corrected chi connectivity index (χ2v) is 2.41. The van der Waals surface area contributed by atoms with Crippen LogP contribution in [0, 0.1) is 18.8 Å². The van der Waals surface area contributed by atoms with Crippen molar-refractivity contribution in [3.8, 4) is 11.8 Å². The molecule has 0 bridgehead atoms. The van der Waals surface area contributed by atoms with Crippen molar-refractivity contribution < 1.29 is 5.11 Å². The molecule has 0 spiro atoms. The fourth-order valence-corrected chi connectivity index (χ4v) is 0.820. The van der Waals surface area contributed by atoms with Gasteiger partial charge in [0.2, 0.25) is 0 Å². The quantitative estimate of drug-likeness (QED) is 0.540. The first kappa shape index (κ1) is 8.57. The third kappa shape index (κ3) is 1.97. The molecule has 1 aromatic rings. The van der Waals surface area contributed by atoms with Crippen LogP contribution in [0.3, 0.4) is 0 Å². The highest BCUT2D eigenvalue weighted by atomic mass is 16.2. The van der Waals surface area contributed by atoms with Crippen molar-refractivity contribution in [2.75, 3.05) is 12.3 Å². The summed E-state index contributed by atoms with van der Waals surface area (Å²) < 4.78 is 0. The number of hydrogen-bond donors (Lipinski definition) is 2. The highest BCUT2D eigenvalue weighted by Crippen LogP contribution is 2.08. The number of nitrogens with two attached hydrogens (primary N) is 1. The minimum Gasteiger partial charge on any atom is -0.396 e. The molecule has 62 valence electrons. The van der Waals surface area contributed by atoms with Crippen molar-refractivity contribution in [3.63, 3.8) is 0 Å². The van der Waals surface area contributed by atoms with Gasteiger partial charge in [-0.2, -0.15) is 0 Å². The monoisotopic (exact) mass is 162 g/mol. The maximum Gasteiger partial charge on any atom is 0.136 e. The Bertz CT molecular complexity index is 336. The minimum atomic E-state index is -0.172. The molecule has 1 rings (SSSR count). The smallest absolute Gasteiger partial charge is 0.136 e. The molecule has 0 amide bonds. The van der Waals surface area contributed by atoms with Gasteiger partial charge in [0.15, 0.2) is 0 Å². The van der Waals surface area contributed by atoms with E-state index in [2.05, 4.69) is 16.8 Å². The first-order chi connectivity index (χ1) is 5.74. The average Bonchev–Trinajstić information content (AvgIpc) is 2.03. The van der Waals surface area contributed by atoms with Gasteiger partial charge >= 0.3 is 0 Å². The van der Waals surface area contributed by atoms with Gasteiger partial charge in [-0.15, -0.1) is 0 Å². The average molecular weight is 162 g/mol. The summed E-state index contributed by atoms with van der Waals surface area (Å²) in [6, 6.07) is 1.80. The van der Waals surface area contributed by atoms with E-state index in [1.165, 1.54) is 0 Å². The van der Waals surface area contributed by atoms with Gasteiger partial charge in [0.1, 0.15) is 12.3 Å². The number of anilines is 1. The van der Waals surface area contributed by atoms with Crippen molar-refractivity contribution in [1.82, 2.24) is 4.98 Å². The van der Waals surface area contributed by atoms with Crippen LogP contribution in [-0.2, 0) is 0 Å². The normalized spacial score (nSPS) is 8.83. The van der Waals surface area contributed by atoms with Gasteiger partial charge in [-0.05, 0) is 24.5 Å². The zero-order chi connectivity index (χ0) is 8.97. The zero-order valence-corrected chi connectivity index (χ0v) is 6.83. The summed E-state index contributed by atoms with van der Waals surface area (Å²) in [4.78, 5) is 4.01. The number of aromatic nitrogens is 1. The van der Waals surface area contributed by atoms with E-state index in [0.717, 1.165) is 5.56 Å². The van der Waals surface area contributed by atoms with Crippen LogP contribution in [-0.4, -0.2) is 16.7 Å². The zero-order valence-electron chi connectivity index (χ0n) is 6.83. The van der Waals surface area contributed by atoms with Crippen molar-refractivity contribution in [2.24, 2.45) is 0 Å². The number of aryl methyl sites for hydroxylation is 1. The molecule has 1 heterocycles. The minimum absolute atomic E-state index is 0.172. The SMILES string of the molecule is Cc1cnc(C#CCO)c(N)c1. The van der Waals surface area contributed by atoms with Gasteiger partial charge in [-0.1, -0.05) is 5.92 Å². The largest absolute Gasteiger partial charge is 0.396 e. The molecule has 0 aliphatic carbocycles. The Morgan fingerprint density at radius 2 is 2.42 bits per heavy atom. The molecule has 0 saturated heterocycles. The summed E-state index contributed by atoms with van der Waals surface area (Å²) in [7, 11) is 0. The lowest BCUT2D eigenvalue weighted by molar-refractivity contribution is 0.350. The summed E-state index contributed by atoms with van der Waals surface area (Å²) in [5, 5.41) is 8.43. The number of nitrogens with zero attached hydrogens (tertiary/aromatic N) is 1. The maximum absolute atomic E-state index is 8.43. The number of aliphatic hydroxyl groups is 1. The van der Waals surface area contributed by atoms with E-state index in [9.17, 15) is 0 Å². The van der Waals surface area contributed by atoms with Gasteiger partial charge in [0, 0.05) is 6.20 Å². The molecule has 0 saturated carbocycles. The topological polar surface area (TPSA) is 59.1 Å². The summed E-state index contributed by atoms with van der Waals surface area (Å²) in [6.07, 6.45) is 1.69. The van der Waals surface area contributed by atoms with Crippen LogP contribution in [0.2, 0.25) is 0 Å². The highest BCUT2D eigenvalue weighted by molar-refractivity contribution is 5.52. The lowest BCUT2D eigenvalue weighted by Crippen LogP contribution is -1.94. The molecule has 0 aliphatic heterocycles. The molecule has 0 aromatic carbocycles. The van der Waals surface area contributed by atoms with Gasteiger partial charge in [-0.25, -0.2) is 4.98 Å². The summed E-state index contributed by atoms with van der Waals surface area (Å²) in [5.74, 6) is 5.14. The van der Waals surface area contributed by atoms with E-state index in [1.54, 1.807) is 12.3 Å². The molecular formula is C9H10N2O. The van der Waals surface area contributed by atoms with Gasteiger partial charge in [0.05, 0.1) is 5.69 Å². The summed E-state index contributed by atoms with van der Waals surface area (Å²) >= 11 is 0. The van der Waals surface area contributed by atoms with Gasteiger partial charge in [-0.3, -0.25) is 0 Å². The van der Waals surface area contributed by atoms with Crippen molar-refractivity contribution in [2.45, 2.75) is 6.92 Å². The number of nitrogen functional groups attached to an aromatic ring is 1. The molecule has 0 unspecified atom stereocenters. The highest BCUT2D eigenvalue weighted by Gasteiger charge is 1.95. The van der Waals surface area contributed by atoms with Crippen LogP contribution in [0.25, 0.3) is 0 Å². The molecule has 1 aromatic heterocycles. The number of pyridine rings is 1. The van der Waals surface area contributed by atoms with E-state index in [-0.39, 0.29) is 6.61 Å². The molecule has 3 heteroatoms. The first-order valence-corrected chi connectivity index (χ1v) is 3.56. The standard InChI is InChI=1S/C9H10N2O/c1-7-5-8(10)9(11-6-7)3-2-4-12/h5-6,12H,4,10H2,1H3. The molecule has 0 aliphatic rings. The Hall–Kier alpha value is -1.53. The van der Waals surface area contributed by atoms with Crippen LogP contribution in [0.5, 0.6) is 0 Å². The Kier molecular flexibility index (Phi) is 2.67. The molecular weight excluding hydrogens is 152 g/mol. The van der Waals surface area contributed by atoms with Crippen LogP contribution < -0.4 is 5.73 Å². The predicted octanol–water partition coefficient (Wildman–Crippen LogP) is 0.316. The summed E-state index contributed by atoms with van der Waals surface area (Å²) in [5.41, 5.74) is 7.69. The van der Waals surface area contributed by atoms with Crippen molar-refractivity contribution in [1.29, 1.82) is 0 Å². The number of rotatable bonds is 0. The second kappa shape index (κ2) is 3.74. The Labute approximate surface area is 71.2 Å². The Morgan fingerprint density at radius 1 is 1.67 bits per heavy atom. The predicted molar refractivity (Wildman–Crippen MR) is 47.4 cm³/mol. The third-order valence-electron chi connectivity index (χ3n) is 1.34. The molecule has 0 radical (unpaired) electrons. The molecule has 3 N–H and O–H groups in total. The molecule has 0 atom stereocenters. The van der Waals surface area contributed by atoms with Gasteiger partial charge in [0.25, 0.3) is 0 Å². The van der Waals surface area contributed by atoms with Crippen molar-refractivity contribution in [3.05, 3.63) is 23.5 Å². The Balaban J connectivity index is 3.01. The van der Waals surface area contributed by atoms with E-state index in [0.29, 0.717) is 11.4 Å². The molecule has 3 nitrogen and oxygen atoms in total. The lowest BCUT2D eigenvalue weighted by Gasteiger charge is -1.97. The fraction of sp³-hybridized carbons (Fsp3) is 0.222. The molecule has 0 fully saturated rings. The fourth-order valence-electron chi connectivity index (χ4n) is 0.820. The maximum atomic E-state index is 8.43. The van der Waals surface area contributed by atoms with Gasteiger partial charge < -0.3 is 10.8 Å². The first-order valence-electron chi connectivity index (χ1n) is 3.56. The van der Waals surface area contributed by atoms with Crippen molar-refractivity contribution >= 4 is 5.69 Å². The number of aliphatic hydroxyl groups excluding tert-OH is 1. The van der Waals surface area contributed by atoms with E-state index >= 15 is 0 Å². The molecule has 12 heavy (non-hydrogen) atoms. The second-order valence-electron chi connectivity index (χ2n) is 2.41.